The maximum absolute atomic E-state index is 8.84. The molecule has 3 nitrogen and oxygen atoms in total. The Kier molecular flexibility index (Phi) is 2.35. The largest absolute Gasteiger partial charge is 0.396 e. The van der Waals surface area contributed by atoms with Crippen molar-refractivity contribution in [2.24, 2.45) is 5.41 Å². The zero-order valence-electron chi connectivity index (χ0n) is 7.47. The molecule has 0 unspecified atom stereocenters. The van der Waals surface area contributed by atoms with Crippen molar-refractivity contribution in [3.05, 3.63) is 0 Å². The summed E-state index contributed by atoms with van der Waals surface area (Å²) in [5, 5.41) is 15.6. The highest BCUT2D eigenvalue weighted by atomic mass is 16.3. The van der Waals surface area contributed by atoms with Gasteiger partial charge in [0, 0.05) is 32.3 Å². The van der Waals surface area contributed by atoms with Gasteiger partial charge in [-0.05, 0) is 24.7 Å². The van der Waals surface area contributed by atoms with Gasteiger partial charge in [0.1, 0.15) is 0 Å². The van der Waals surface area contributed by atoms with Crippen molar-refractivity contribution in [2.75, 3.05) is 26.2 Å². The van der Waals surface area contributed by atoms with Crippen molar-refractivity contribution >= 4 is 0 Å². The fourth-order valence-corrected chi connectivity index (χ4v) is 1.72. The van der Waals surface area contributed by atoms with E-state index in [4.69, 9.17) is 5.11 Å². The average Bonchev–Trinajstić information content (AvgIpc) is 2.67. The van der Waals surface area contributed by atoms with Crippen LogP contribution in [0.5, 0.6) is 0 Å². The summed E-state index contributed by atoms with van der Waals surface area (Å²) in [6, 6.07) is 0.696. The quantitative estimate of drug-likeness (QED) is 0.531. The molecule has 0 bridgehead atoms. The highest BCUT2D eigenvalue weighted by molar-refractivity contribution is 4.96. The molecule has 1 saturated heterocycles. The number of hydrogen-bond acceptors (Lipinski definition) is 3. The summed E-state index contributed by atoms with van der Waals surface area (Å²) in [6.07, 6.45) is 3.60. The molecule has 0 aromatic heterocycles. The smallest absolute Gasteiger partial charge is 0.0436 e. The van der Waals surface area contributed by atoms with E-state index in [1.165, 1.54) is 12.8 Å². The van der Waals surface area contributed by atoms with Crippen LogP contribution in [0.2, 0.25) is 0 Å². The van der Waals surface area contributed by atoms with E-state index in [1.54, 1.807) is 0 Å². The predicted octanol–water partition coefficient (Wildman–Crippen LogP) is -0.290. The summed E-state index contributed by atoms with van der Waals surface area (Å²) in [4.78, 5) is 0. The number of rotatable bonds is 5. The highest BCUT2D eigenvalue weighted by Gasteiger charge is 2.41. The van der Waals surface area contributed by atoms with E-state index < -0.39 is 0 Å². The molecule has 12 heavy (non-hydrogen) atoms. The molecule has 0 amide bonds. The minimum absolute atomic E-state index is 0.352. The first-order valence-corrected chi connectivity index (χ1v) is 4.90. The molecule has 0 spiro atoms. The number of hydrogen-bond donors (Lipinski definition) is 3. The minimum Gasteiger partial charge on any atom is -0.396 e. The van der Waals surface area contributed by atoms with Crippen molar-refractivity contribution in [1.29, 1.82) is 0 Å². The van der Waals surface area contributed by atoms with Crippen molar-refractivity contribution in [3.8, 4) is 0 Å². The first-order valence-electron chi connectivity index (χ1n) is 4.90. The molecule has 3 N–H and O–H groups in total. The number of aliphatic hydroxyl groups excluding tert-OH is 1. The Bertz CT molecular complexity index is 153. The number of aliphatic hydroxyl groups is 1. The standard InChI is InChI=1S/C9H18N2O/c12-4-3-9(1-2-9)7-11-8-5-10-6-8/h8,10-12H,1-7H2. The molecule has 70 valence electrons. The zero-order chi connectivity index (χ0) is 8.44. The van der Waals surface area contributed by atoms with Crippen molar-refractivity contribution < 1.29 is 5.11 Å². The molecular formula is C9H18N2O. The van der Waals surface area contributed by atoms with Gasteiger partial charge in [-0.15, -0.1) is 0 Å². The lowest BCUT2D eigenvalue weighted by Crippen LogP contribution is -2.56. The highest BCUT2D eigenvalue weighted by Crippen LogP contribution is 2.47. The molecule has 0 radical (unpaired) electrons. The molecule has 1 heterocycles. The van der Waals surface area contributed by atoms with Crippen LogP contribution in [0.15, 0.2) is 0 Å². The van der Waals surface area contributed by atoms with Crippen LogP contribution in [0.25, 0.3) is 0 Å². The molecule has 2 aliphatic rings. The Balaban J connectivity index is 1.64. The van der Waals surface area contributed by atoms with Gasteiger partial charge in [-0.2, -0.15) is 0 Å². The fraction of sp³-hybridized carbons (Fsp3) is 1.00. The van der Waals surface area contributed by atoms with E-state index in [1.807, 2.05) is 0 Å². The second kappa shape index (κ2) is 3.32. The second-order valence-electron chi connectivity index (χ2n) is 4.21. The zero-order valence-corrected chi connectivity index (χ0v) is 7.47. The normalized spacial score (nSPS) is 26.8. The van der Waals surface area contributed by atoms with Crippen LogP contribution in [0.4, 0.5) is 0 Å². The van der Waals surface area contributed by atoms with Crippen LogP contribution in [0.1, 0.15) is 19.3 Å². The minimum atomic E-state index is 0.352. The van der Waals surface area contributed by atoms with Crippen LogP contribution in [0, 0.1) is 5.41 Å². The van der Waals surface area contributed by atoms with Crippen LogP contribution >= 0.6 is 0 Å². The molecular weight excluding hydrogens is 152 g/mol. The van der Waals surface area contributed by atoms with Crippen LogP contribution < -0.4 is 10.6 Å². The Labute approximate surface area is 73.5 Å². The second-order valence-corrected chi connectivity index (χ2v) is 4.21. The van der Waals surface area contributed by atoms with Gasteiger partial charge in [0.05, 0.1) is 0 Å². The van der Waals surface area contributed by atoms with Crippen molar-refractivity contribution in [3.63, 3.8) is 0 Å². The van der Waals surface area contributed by atoms with Crippen LogP contribution in [0.3, 0.4) is 0 Å². The van der Waals surface area contributed by atoms with Gasteiger partial charge < -0.3 is 15.7 Å². The molecule has 0 aromatic rings. The summed E-state index contributed by atoms with van der Waals surface area (Å²) in [7, 11) is 0. The van der Waals surface area contributed by atoms with E-state index >= 15 is 0 Å². The van der Waals surface area contributed by atoms with E-state index in [9.17, 15) is 0 Å². The van der Waals surface area contributed by atoms with Gasteiger partial charge in [0.15, 0.2) is 0 Å². The van der Waals surface area contributed by atoms with Gasteiger partial charge in [-0.25, -0.2) is 0 Å². The maximum Gasteiger partial charge on any atom is 0.0436 e. The molecule has 2 rings (SSSR count). The Morgan fingerprint density at radius 3 is 2.58 bits per heavy atom. The molecule has 1 aliphatic carbocycles. The van der Waals surface area contributed by atoms with Crippen LogP contribution in [-0.4, -0.2) is 37.4 Å². The SMILES string of the molecule is OCCC1(CNC2CNC2)CC1. The van der Waals surface area contributed by atoms with Crippen molar-refractivity contribution in [1.82, 2.24) is 10.6 Å². The Morgan fingerprint density at radius 2 is 2.17 bits per heavy atom. The molecule has 1 aliphatic heterocycles. The van der Waals surface area contributed by atoms with Gasteiger partial charge in [-0.1, -0.05) is 0 Å². The van der Waals surface area contributed by atoms with Gasteiger partial charge >= 0.3 is 0 Å². The Morgan fingerprint density at radius 1 is 1.42 bits per heavy atom. The lowest BCUT2D eigenvalue weighted by atomic mass is 10.0. The third kappa shape index (κ3) is 1.79. The molecule has 0 aromatic carbocycles. The third-order valence-corrected chi connectivity index (χ3v) is 3.15. The van der Waals surface area contributed by atoms with Gasteiger partial charge in [-0.3, -0.25) is 0 Å². The van der Waals surface area contributed by atoms with Crippen LogP contribution in [-0.2, 0) is 0 Å². The maximum atomic E-state index is 8.84. The summed E-state index contributed by atoms with van der Waals surface area (Å²) in [6.45, 7) is 3.70. The van der Waals surface area contributed by atoms with E-state index in [-0.39, 0.29) is 0 Å². The van der Waals surface area contributed by atoms with E-state index in [0.717, 1.165) is 26.1 Å². The first kappa shape index (κ1) is 8.48. The monoisotopic (exact) mass is 170 g/mol. The summed E-state index contributed by atoms with van der Waals surface area (Å²) in [5.74, 6) is 0. The van der Waals surface area contributed by atoms with E-state index in [2.05, 4.69) is 10.6 Å². The van der Waals surface area contributed by atoms with Gasteiger partial charge in [0.25, 0.3) is 0 Å². The molecule has 0 atom stereocenters. The fourth-order valence-electron chi connectivity index (χ4n) is 1.72. The topological polar surface area (TPSA) is 44.3 Å². The third-order valence-electron chi connectivity index (χ3n) is 3.15. The Hall–Kier alpha value is -0.120. The number of nitrogens with one attached hydrogen (secondary N) is 2. The van der Waals surface area contributed by atoms with E-state index in [0.29, 0.717) is 18.1 Å². The first-order chi connectivity index (χ1) is 5.85. The predicted molar refractivity (Wildman–Crippen MR) is 48.0 cm³/mol. The molecule has 1 saturated carbocycles. The van der Waals surface area contributed by atoms with Crippen molar-refractivity contribution in [2.45, 2.75) is 25.3 Å². The molecule has 2 fully saturated rings. The molecule has 3 heteroatoms. The average molecular weight is 170 g/mol. The summed E-state index contributed by atoms with van der Waals surface area (Å²) in [5.41, 5.74) is 0.477. The summed E-state index contributed by atoms with van der Waals surface area (Å²) >= 11 is 0. The summed E-state index contributed by atoms with van der Waals surface area (Å²) < 4.78 is 0. The van der Waals surface area contributed by atoms with Gasteiger partial charge in [0.2, 0.25) is 0 Å². The lowest BCUT2D eigenvalue weighted by molar-refractivity contribution is 0.236. The lowest BCUT2D eigenvalue weighted by Gasteiger charge is -2.30.